The van der Waals surface area contributed by atoms with Crippen molar-refractivity contribution < 1.29 is 9.59 Å². The lowest BCUT2D eigenvalue weighted by molar-refractivity contribution is -0.132. The van der Waals surface area contributed by atoms with Crippen LogP contribution in [0.3, 0.4) is 0 Å². The van der Waals surface area contributed by atoms with E-state index in [-0.39, 0.29) is 18.4 Å². The minimum atomic E-state index is -0.116. The Hall–Kier alpha value is -2.66. The lowest BCUT2D eigenvalue weighted by atomic mass is 10.1. The molecule has 136 valence electrons. The molecular weight excluding hydrogens is 326 g/mol. The van der Waals surface area contributed by atoms with Crippen molar-refractivity contribution in [3.63, 3.8) is 0 Å². The van der Waals surface area contributed by atoms with Gasteiger partial charge < -0.3 is 15.1 Å². The molecule has 5 heteroatoms. The van der Waals surface area contributed by atoms with Gasteiger partial charge in [0.15, 0.2) is 0 Å². The Balaban J connectivity index is 1.77. The molecule has 1 aliphatic heterocycles. The fraction of sp³-hybridized carbons (Fsp3) is 0.333. The molecule has 0 aromatic heterocycles. The fourth-order valence-electron chi connectivity index (χ4n) is 3.05. The number of benzene rings is 2. The molecule has 1 heterocycles. The monoisotopic (exact) mass is 351 g/mol. The summed E-state index contributed by atoms with van der Waals surface area (Å²) in [5.41, 5.74) is 2.80. The van der Waals surface area contributed by atoms with Crippen LogP contribution < -0.4 is 5.32 Å². The second kappa shape index (κ2) is 8.63. The van der Waals surface area contributed by atoms with Crippen molar-refractivity contribution in [3.05, 3.63) is 71.3 Å². The summed E-state index contributed by atoms with van der Waals surface area (Å²) in [4.78, 5) is 29.1. The summed E-state index contributed by atoms with van der Waals surface area (Å²) in [5.74, 6) is -0.113. The van der Waals surface area contributed by atoms with E-state index in [1.165, 1.54) is 5.56 Å². The topological polar surface area (TPSA) is 52.7 Å². The predicted molar refractivity (Wildman–Crippen MR) is 102 cm³/mol. The molecule has 0 radical (unpaired) electrons. The van der Waals surface area contributed by atoms with E-state index in [1.54, 1.807) is 17.0 Å². The van der Waals surface area contributed by atoms with E-state index in [1.807, 2.05) is 54.3 Å². The van der Waals surface area contributed by atoms with Crippen molar-refractivity contribution in [2.75, 3.05) is 32.7 Å². The summed E-state index contributed by atoms with van der Waals surface area (Å²) in [6.45, 7) is 5.54. The van der Waals surface area contributed by atoms with E-state index >= 15 is 0 Å². The van der Waals surface area contributed by atoms with Crippen molar-refractivity contribution in [2.45, 2.75) is 13.5 Å². The average molecular weight is 351 g/mol. The van der Waals surface area contributed by atoms with E-state index in [9.17, 15) is 9.59 Å². The van der Waals surface area contributed by atoms with Gasteiger partial charge in [0.2, 0.25) is 5.91 Å². The van der Waals surface area contributed by atoms with Crippen LogP contribution in [0.25, 0.3) is 0 Å². The molecule has 2 aromatic carbocycles. The van der Waals surface area contributed by atoms with Gasteiger partial charge in [-0.15, -0.1) is 0 Å². The van der Waals surface area contributed by atoms with Gasteiger partial charge >= 0.3 is 0 Å². The van der Waals surface area contributed by atoms with Crippen LogP contribution >= 0.6 is 0 Å². The Morgan fingerprint density at radius 3 is 2.31 bits per heavy atom. The summed E-state index contributed by atoms with van der Waals surface area (Å²) in [7, 11) is 0. The molecule has 26 heavy (non-hydrogen) atoms. The highest BCUT2D eigenvalue weighted by Gasteiger charge is 2.23. The van der Waals surface area contributed by atoms with E-state index in [2.05, 4.69) is 5.32 Å². The SMILES string of the molecule is Cc1ccc(CN(CC(=O)N2CCNCC2)C(=O)c2ccccc2)cc1. The number of aryl methyl sites for hydroxylation is 1. The maximum Gasteiger partial charge on any atom is 0.254 e. The Morgan fingerprint density at radius 2 is 1.65 bits per heavy atom. The van der Waals surface area contributed by atoms with Crippen molar-refractivity contribution in [2.24, 2.45) is 0 Å². The van der Waals surface area contributed by atoms with Crippen molar-refractivity contribution >= 4 is 11.8 Å². The van der Waals surface area contributed by atoms with Gasteiger partial charge in [0.05, 0.1) is 0 Å². The zero-order valence-electron chi connectivity index (χ0n) is 15.1. The second-order valence-electron chi connectivity index (χ2n) is 6.64. The second-order valence-corrected chi connectivity index (χ2v) is 6.64. The average Bonchev–Trinajstić information content (AvgIpc) is 2.70. The van der Waals surface area contributed by atoms with Crippen LogP contribution in [0.4, 0.5) is 0 Å². The number of piperazine rings is 1. The summed E-state index contributed by atoms with van der Waals surface area (Å²) in [5, 5.41) is 3.24. The smallest absolute Gasteiger partial charge is 0.254 e. The molecule has 5 nitrogen and oxygen atoms in total. The largest absolute Gasteiger partial charge is 0.339 e. The number of hydrogen-bond donors (Lipinski definition) is 1. The number of nitrogens with zero attached hydrogens (tertiary/aromatic N) is 2. The molecular formula is C21H25N3O2. The van der Waals surface area contributed by atoms with Gasteiger partial charge in [-0.1, -0.05) is 48.0 Å². The highest BCUT2D eigenvalue weighted by atomic mass is 16.2. The third-order valence-corrected chi connectivity index (χ3v) is 4.60. The Kier molecular flexibility index (Phi) is 6.02. The van der Waals surface area contributed by atoms with Gasteiger partial charge in [-0.25, -0.2) is 0 Å². The Morgan fingerprint density at radius 1 is 1.00 bits per heavy atom. The van der Waals surface area contributed by atoms with Crippen LogP contribution in [0, 0.1) is 6.92 Å². The molecule has 0 atom stereocenters. The first-order valence-electron chi connectivity index (χ1n) is 9.02. The lowest BCUT2D eigenvalue weighted by Crippen LogP contribution is -2.50. The molecule has 0 unspecified atom stereocenters. The highest BCUT2D eigenvalue weighted by Crippen LogP contribution is 2.12. The number of hydrogen-bond acceptors (Lipinski definition) is 3. The maximum atomic E-state index is 13.0. The van der Waals surface area contributed by atoms with Crippen molar-refractivity contribution in [1.29, 1.82) is 0 Å². The minimum absolute atomic E-state index is 0.00268. The number of amides is 2. The molecule has 3 rings (SSSR count). The first kappa shape index (κ1) is 18.1. The lowest BCUT2D eigenvalue weighted by Gasteiger charge is -2.30. The Labute approximate surface area is 154 Å². The van der Waals surface area contributed by atoms with Crippen LogP contribution in [0.1, 0.15) is 21.5 Å². The standard InChI is InChI=1S/C21H25N3O2/c1-17-7-9-18(10-8-17)15-24(21(26)19-5-3-2-4-6-19)16-20(25)23-13-11-22-12-14-23/h2-10,22H,11-16H2,1H3. The predicted octanol–water partition coefficient (Wildman–Crippen LogP) is 2.07. The van der Waals surface area contributed by atoms with E-state index in [0.717, 1.165) is 18.7 Å². The molecule has 0 saturated carbocycles. The highest BCUT2D eigenvalue weighted by molar-refractivity contribution is 5.96. The molecule has 1 aliphatic rings. The van der Waals surface area contributed by atoms with Gasteiger partial charge in [0, 0.05) is 38.3 Å². The normalized spacial score (nSPS) is 14.1. The van der Waals surface area contributed by atoms with E-state index < -0.39 is 0 Å². The van der Waals surface area contributed by atoms with Gasteiger partial charge in [-0.2, -0.15) is 0 Å². The number of nitrogens with one attached hydrogen (secondary N) is 1. The number of carbonyl (C=O) groups excluding carboxylic acids is 2. The molecule has 0 spiro atoms. The molecule has 2 aromatic rings. The van der Waals surface area contributed by atoms with E-state index in [0.29, 0.717) is 25.2 Å². The summed E-state index contributed by atoms with van der Waals surface area (Å²) in [6.07, 6.45) is 0. The molecule has 0 aliphatic carbocycles. The summed E-state index contributed by atoms with van der Waals surface area (Å²) >= 11 is 0. The molecule has 0 bridgehead atoms. The number of rotatable bonds is 5. The van der Waals surface area contributed by atoms with Gasteiger partial charge in [-0.05, 0) is 24.6 Å². The third-order valence-electron chi connectivity index (χ3n) is 4.60. The summed E-state index contributed by atoms with van der Waals surface area (Å²) < 4.78 is 0. The Bertz CT molecular complexity index is 738. The maximum absolute atomic E-state index is 13.0. The van der Waals surface area contributed by atoms with E-state index in [4.69, 9.17) is 0 Å². The zero-order valence-corrected chi connectivity index (χ0v) is 15.1. The van der Waals surface area contributed by atoms with Crippen LogP contribution in [-0.2, 0) is 11.3 Å². The number of carbonyl (C=O) groups is 2. The quantitative estimate of drug-likeness (QED) is 0.897. The zero-order chi connectivity index (χ0) is 18.4. The van der Waals surface area contributed by atoms with Crippen LogP contribution in [0.5, 0.6) is 0 Å². The molecule has 1 saturated heterocycles. The van der Waals surface area contributed by atoms with Crippen LogP contribution in [-0.4, -0.2) is 54.3 Å². The minimum Gasteiger partial charge on any atom is -0.339 e. The molecule has 1 N–H and O–H groups in total. The molecule has 2 amide bonds. The van der Waals surface area contributed by atoms with Crippen LogP contribution in [0.2, 0.25) is 0 Å². The van der Waals surface area contributed by atoms with Gasteiger partial charge in [-0.3, -0.25) is 9.59 Å². The van der Waals surface area contributed by atoms with Crippen LogP contribution in [0.15, 0.2) is 54.6 Å². The third kappa shape index (κ3) is 4.70. The van der Waals surface area contributed by atoms with Crippen molar-refractivity contribution in [1.82, 2.24) is 15.1 Å². The first-order valence-corrected chi connectivity index (χ1v) is 9.02. The molecule has 1 fully saturated rings. The summed E-state index contributed by atoms with van der Waals surface area (Å²) in [6, 6.07) is 17.2. The fourth-order valence-corrected chi connectivity index (χ4v) is 3.05. The first-order chi connectivity index (χ1) is 12.6. The van der Waals surface area contributed by atoms with Gasteiger partial charge in [0.1, 0.15) is 6.54 Å². The van der Waals surface area contributed by atoms with Gasteiger partial charge in [0.25, 0.3) is 5.91 Å². The van der Waals surface area contributed by atoms with Crippen molar-refractivity contribution in [3.8, 4) is 0 Å².